The third-order valence-corrected chi connectivity index (χ3v) is 5.97. The van der Waals surface area contributed by atoms with Gasteiger partial charge in [0.25, 0.3) is 0 Å². The van der Waals surface area contributed by atoms with Crippen molar-refractivity contribution in [3.63, 3.8) is 0 Å². The molecule has 2 aliphatic rings. The molecule has 0 bridgehead atoms. The van der Waals surface area contributed by atoms with Gasteiger partial charge >= 0.3 is 0 Å². The number of carbonyl (C=O) groups excluding carboxylic acids is 1. The summed E-state index contributed by atoms with van der Waals surface area (Å²) in [5.74, 6) is -0.186. The van der Waals surface area contributed by atoms with E-state index in [1.54, 1.807) is 12.1 Å². The van der Waals surface area contributed by atoms with Crippen LogP contribution in [0.2, 0.25) is 0 Å². The number of carbonyl (C=O) groups is 1. The molecule has 0 saturated carbocycles. The highest BCUT2D eigenvalue weighted by atomic mass is 19.1. The van der Waals surface area contributed by atoms with Gasteiger partial charge in [0.1, 0.15) is 5.82 Å². The molecule has 1 fully saturated rings. The van der Waals surface area contributed by atoms with Crippen LogP contribution < -0.4 is 4.90 Å². The van der Waals surface area contributed by atoms with Crippen LogP contribution in [0.5, 0.6) is 0 Å². The summed E-state index contributed by atoms with van der Waals surface area (Å²) in [4.78, 5) is 17.3. The quantitative estimate of drug-likeness (QED) is 0.712. The summed E-state index contributed by atoms with van der Waals surface area (Å²) in [6, 6.07) is 15.3. The summed E-state index contributed by atoms with van der Waals surface area (Å²) in [6.07, 6.45) is 4.96. The number of piperidine rings is 1. The van der Waals surface area contributed by atoms with E-state index in [-0.39, 0.29) is 11.6 Å². The summed E-state index contributed by atoms with van der Waals surface area (Å²) in [5, 5.41) is 0. The number of ketones is 1. The largest absolute Gasteiger partial charge is 0.368 e. The van der Waals surface area contributed by atoms with Crippen molar-refractivity contribution in [2.45, 2.75) is 38.1 Å². The minimum absolute atomic E-state index is 0.110. The zero-order valence-electron chi connectivity index (χ0n) is 15.7. The first-order valence-corrected chi connectivity index (χ1v) is 10.1. The second-order valence-corrected chi connectivity index (χ2v) is 7.68. The van der Waals surface area contributed by atoms with E-state index in [1.165, 1.54) is 42.6 Å². The first-order valence-electron chi connectivity index (χ1n) is 10.1. The first kappa shape index (κ1) is 18.2. The molecule has 0 N–H and O–H groups in total. The molecular weight excluding hydrogens is 339 g/mol. The minimum Gasteiger partial charge on any atom is -0.368 e. The van der Waals surface area contributed by atoms with Crippen LogP contribution in [-0.2, 0) is 6.42 Å². The van der Waals surface area contributed by atoms with Gasteiger partial charge in [0, 0.05) is 43.3 Å². The van der Waals surface area contributed by atoms with E-state index in [0.29, 0.717) is 18.0 Å². The lowest BCUT2D eigenvalue weighted by Crippen LogP contribution is -2.44. The van der Waals surface area contributed by atoms with Crippen molar-refractivity contribution >= 4 is 11.5 Å². The zero-order chi connectivity index (χ0) is 18.6. The topological polar surface area (TPSA) is 23.6 Å². The van der Waals surface area contributed by atoms with Crippen molar-refractivity contribution < 1.29 is 9.18 Å². The number of anilines is 1. The maximum Gasteiger partial charge on any atom is 0.162 e. The molecule has 4 rings (SSSR count). The van der Waals surface area contributed by atoms with E-state index < -0.39 is 0 Å². The fraction of sp³-hybridized carbons (Fsp3) is 0.435. The molecule has 0 atom stereocenters. The van der Waals surface area contributed by atoms with Crippen molar-refractivity contribution in [2.24, 2.45) is 0 Å². The Balaban J connectivity index is 1.21. The molecule has 4 heteroatoms. The highest BCUT2D eigenvalue weighted by Gasteiger charge is 2.28. The average Bonchev–Trinajstić information content (AvgIpc) is 3.13. The molecule has 0 aromatic heterocycles. The molecule has 0 unspecified atom stereocenters. The molecule has 0 amide bonds. The predicted molar refractivity (Wildman–Crippen MR) is 107 cm³/mol. The van der Waals surface area contributed by atoms with Gasteiger partial charge in [-0.3, -0.25) is 4.79 Å². The molecule has 2 aromatic carbocycles. The van der Waals surface area contributed by atoms with Crippen LogP contribution in [0, 0.1) is 5.82 Å². The van der Waals surface area contributed by atoms with Gasteiger partial charge < -0.3 is 9.80 Å². The van der Waals surface area contributed by atoms with Gasteiger partial charge in [0.2, 0.25) is 0 Å². The van der Waals surface area contributed by atoms with Gasteiger partial charge in [-0.1, -0.05) is 18.2 Å². The number of para-hydroxylation sites is 1. The summed E-state index contributed by atoms with van der Waals surface area (Å²) in [7, 11) is 0. The van der Waals surface area contributed by atoms with E-state index in [4.69, 9.17) is 0 Å². The van der Waals surface area contributed by atoms with E-state index in [1.807, 2.05) is 0 Å². The molecule has 2 heterocycles. The van der Waals surface area contributed by atoms with Crippen molar-refractivity contribution in [2.75, 3.05) is 31.1 Å². The average molecular weight is 366 g/mol. The molecular formula is C23H27FN2O. The number of hydrogen-bond donors (Lipinski definition) is 0. The third kappa shape index (κ3) is 4.22. The minimum atomic E-state index is -0.296. The second-order valence-electron chi connectivity index (χ2n) is 7.68. The van der Waals surface area contributed by atoms with Crippen LogP contribution in [-0.4, -0.2) is 42.9 Å². The highest BCUT2D eigenvalue weighted by Crippen LogP contribution is 2.32. The fourth-order valence-electron chi connectivity index (χ4n) is 4.44. The molecule has 142 valence electrons. The Morgan fingerprint density at radius 3 is 2.52 bits per heavy atom. The highest BCUT2D eigenvalue weighted by molar-refractivity contribution is 5.95. The van der Waals surface area contributed by atoms with Gasteiger partial charge in [-0.2, -0.15) is 0 Å². The smallest absolute Gasteiger partial charge is 0.162 e. The standard InChI is InChI=1S/C23H27FN2O/c24-20-9-7-19(8-10-20)23(27)6-3-14-25-15-12-21(13-16-25)26-17-11-18-4-1-2-5-22(18)26/h1-2,4-5,7-10,21H,3,6,11-17H2. The first-order chi connectivity index (χ1) is 13.2. The normalized spacial score (nSPS) is 17.9. The van der Waals surface area contributed by atoms with Crippen LogP contribution in [0.4, 0.5) is 10.1 Å². The summed E-state index contributed by atoms with van der Waals surface area (Å²) in [5.41, 5.74) is 3.53. The van der Waals surface area contributed by atoms with Crippen molar-refractivity contribution in [3.8, 4) is 0 Å². The number of fused-ring (bicyclic) bond motifs is 1. The van der Waals surface area contributed by atoms with Crippen LogP contribution >= 0.6 is 0 Å². The number of nitrogens with zero attached hydrogens (tertiary/aromatic N) is 2. The Kier molecular flexibility index (Phi) is 5.53. The van der Waals surface area contributed by atoms with E-state index in [9.17, 15) is 9.18 Å². The Labute approximate surface area is 160 Å². The molecule has 1 saturated heterocycles. The Hall–Kier alpha value is -2.20. The van der Waals surface area contributed by atoms with Gasteiger partial charge in [-0.15, -0.1) is 0 Å². The number of halogens is 1. The summed E-state index contributed by atoms with van der Waals surface area (Å²) in [6.45, 7) is 4.33. The second kappa shape index (κ2) is 8.22. The van der Waals surface area contributed by atoms with Gasteiger partial charge in [-0.25, -0.2) is 4.39 Å². The Morgan fingerprint density at radius 2 is 1.74 bits per heavy atom. The number of hydrogen-bond acceptors (Lipinski definition) is 3. The lowest BCUT2D eigenvalue weighted by Gasteiger charge is -2.38. The maximum atomic E-state index is 12.9. The molecule has 0 aliphatic carbocycles. The lowest BCUT2D eigenvalue weighted by atomic mass is 10.0. The van der Waals surface area contributed by atoms with E-state index >= 15 is 0 Å². The number of likely N-dealkylation sites (tertiary alicyclic amines) is 1. The Morgan fingerprint density at radius 1 is 1.00 bits per heavy atom. The number of Topliss-reactive ketones (excluding diaryl/α,β-unsaturated/α-hetero) is 1. The molecule has 2 aliphatic heterocycles. The van der Waals surface area contributed by atoms with Gasteiger partial charge in [0.15, 0.2) is 5.78 Å². The molecule has 0 radical (unpaired) electrons. The Bertz CT molecular complexity index is 781. The third-order valence-electron chi connectivity index (χ3n) is 5.97. The monoisotopic (exact) mass is 366 g/mol. The van der Waals surface area contributed by atoms with Crippen LogP contribution in [0.15, 0.2) is 48.5 Å². The van der Waals surface area contributed by atoms with Gasteiger partial charge in [-0.05, 0) is 68.1 Å². The van der Waals surface area contributed by atoms with E-state index in [2.05, 4.69) is 34.1 Å². The maximum absolute atomic E-state index is 12.9. The zero-order valence-corrected chi connectivity index (χ0v) is 15.7. The molecule has 2 aromatic rings. The fourth-order valence-corrected chi connectivity index (χ4v) is 4.44. The van der Waals surface area contributed by atoms with E-state index in [0.717, 1.165) is 32.6 Å². The SMILES string of the molecule is O=C(CCCN1CCC(N2CCc3ccccc32)CC1)c1ccc(F)cc1. The lowest BCUT2D eigenvalue weighted by molar-refractivity contribution is 0.0972. The van der Waals surface area contributed by atoms with Gasteiger partial charge in [0.05, 0.1) is 0 Å². The van der Waals surface area contributed by atoms with Crippen molar-refractivity contribution in [1.29, 1.82) is 0 Å². The molecule has 3 nitrogen and oxygen atoms in total. The summed E-state index contributed by atoms with van der Waals surface area (Å²) < 4.78 is 12.9. The summed E-state index contributed by atoms with van der Waals surface area (Å²) >= 11 is 0. The molecule has 27 heavy (non-hydrogen) atoms. The van der Waals surface area contributed by atoms with Crippen LogP contribution in [0.1, 0.15) is 41.6 Å². The number of benzene rings is 2. The molecule has 0 spiro atoms. The van der Waals surface area contributed by atoms with Crippen LogP contribution in [0.25, 0.3) is 0 Å². The van der Waals surface area contributed by atoms with Crippen molar-refractivity contribution in [3.05, 3.63) is 65.5 Å². The predicted octanol–water partition coefficient (Wildman–Crippen LogP) is 4.32. The number of rotatable bonds is 6. The van der Waals surface area contributed by atoms with Crippen LogP contribution in [0.3, 0.4) is 0 Å². The van der Waals surface area contributed by atoms with Crippen molar-refractivity contribution in [1.82, 2.24) is 4.90 Å².